The van der Waals surface area contributed by atoms with Crippen molar-refractivity contribution in [2.45, 2.75) is 52.0 Å². The van der Waals surface area contributed by atoms with E-state index in [1.807, 2.05) is 0 Å². The number of hydrogen-bond donors (Lipinski definition) is 1. The van der Waals surface area contributed by atoms with Gasteiger partial charge in [0, 0.05) is 6.61 Å². The Balaban J connectivity index is 2.31. The van der Waals surface area contributed by atoms with Gasteiger partial charge in [0.25, 0.3) is 0 Å². The predicted molar refractivity (Wildman–Crippen MR) is 71.2 cm³/mol. The highest BCUT2D eigenvalue weighted by Crippen LogP contribution is 2.39. The summed E-state index contributed by atoms with van der Waals surface area (Å²) in [5.41, 5.74) is 5.25. The largest absolute Gasteiger partial charge is 0.465 e. The number of rotatable bonds is 9. The minimum atomic E-state index is -0.923. The molecule has 18 heavy (non-hydrogen) atoms. The second kappa shape index (κ2) is 7.10. The predicted octanol–water partition coefficient (Wildman–Crippen LogP) is 2.11. The van der Waals surface area contributed by atoms with Crippen LogP contribution in [0.4, 0.5) is 0 Å². The summed E-state index contributed by atoms with van der Waals surface area (Å²) in [5.74, 6) is 0.614. The van der Waals surface area contributed by atoms with Gasteiger partial charge in [-0.3, -0.25) is 0 Å². The van der Waals surface area contributed by atoms with Crippen molar-refractivity contribution in [3.05, 3.63) is 0 Å². The molecule has 106 valence electrons. The molecular formula is C14H27NO3. The van der Waals surface area contributed by atoms with Crippen molar-refractivity contribution in [3.8, 4) is 0 Å². The van der Waals surface area contributed by atoms with Gasteiger partial charge in [0.15, 0.2) is 0 Å². The molecule has 0 saturated heterocycles. The number of carbonyl (C=O) groups is 1. The van der Waals surface area contributed by atoms with E-state index in [-0.39, 0.29) is 18.5 Å². The molecule has 0 heterocycles. The lowest BCUT2D eigenvalue weighted by atomic mass is 9.96. The second-order valence-electron chi connectivity index (χ2n) is 5.62. The monoisotopic (exact) mass is 257 g/mol. The first kappa shape index (κ1) is 15.4. The maximum absolute atomic E-state index is 11.9. The minimum Gasteiger partial charge on any atom is -0.465 e. The third-order valence-electron chi connectivity index (χ3n) is 3.37. The van der Waals surface area contributed by atoms with Crippen molar-refractivity contribution in [2.24, 2.45) is 17.6 Å². The first-order valence-electron chi connectivity index (χ1n) is 7.04. The van der Waals surface area contributed by atoms with E-state index in [1.165, 1.54) is 0 Å². The Hall–Kier alpha value is -0.610. The molecule has 0 radical (unpaired) electrons. The van der Waals surface area contributed by atoms with Crippen LogP contribution in [0.3, 0.4) is 0 Å². The molecule has 0 spiro atoms. The van der Waals surface area contributed by atoms with E-state index in [9.17, 15) is 4.79 Å². The lowest BCUT2D eigenvalue weighted by molar-refractivity contribution is -0.153. The Morgan fingerprint density at radius 2 is 2.11 bits per heavy atom. The molecule has 0 aromatic carbocycles. The van der Waals surface area contributed by atoms with Crippen molar-refractivity contribution in [1.82, 2.24) is 0 Å². The van der Waals surface area contributed by atoms with Gasteiger partial charge in [-0.15, -0.1) is 0 Å². The SMILES string of the molecule is CCOC(=O)C(N)(COCCCC(C)C)C1CC1. The molecule has 0 amide bonds. The van der Waals surface area contributed by atoms with Crippen molar-refractivity contribution >= 4 is 5.97 Å². The Morgan fingerprint density at radius 3 is 2.61 bits per heavy atom. The minimum absolute atomic E-state index is 0.238. The fourth-order valence-electron chi connectivity index (χ4n) is 2.04. The average Bonchev–Trinajstić information content (AvgIpc) is 3.12. The molecule has 0 aliphatic heterocycles. The molecule has 1 aliphatic rings. The van der Waals surface area contributed by atoms with Gasteiger partial charge < -0.3 is 15.2 Å². The van der Waals surface area contributed by atoms with Gasteiger partial charge in [-0.25, -0.2) is 4.79 Å². The Bertz CT molecular complexity index is 264. The Labute approximate surface area is 110 Å². The van der Waals surface area contributed by atoms with Crippen molar-refractivity contribution in [1.29, 1.82) is 0 Å². The Kier molecular flexibility index (Phi) is 6.09. The van der Waals surface area contributed by atoms with Crippen LogP contribution >= 0.6 is 0 Å². The number of ether oxygens (including phenoxy) is 2. The maximum Gasteiger partial charge on any atom is 0.328 e. The van der Waals surface area contributed by atoms with E-state index in [4.69, 9.17) is 15.2 Å². The van der Waals surface area contributed by atoms with Gasteiger partial charge in [-0.1, -0.05) is 13.8 Å². The molecule has 4 nitrogen and oxygen atoms in total. The summed E-state index contributed by atoms with van der Waals surface area (Å²) in [4.78, 5) is 11.9. The van der Waals surface area contributed by atoms with Crippen molar-refractivity contribution in [2.75, 3.05) is 19.8 Å². The molecule has 1 rings (SSSR count). The molecule has 1 unspecified atom stereocenters. The van der Waals surface area contributed by atoms with Crippen LogP contribution in [0.1, 0.15) is 46.5 Å². The normalized spacial score (nSPS) is 18.7. The van der Waals surface area contributed by atoms with E-state index < -0.39 is 5.54 Å². The maximum atomic E-state index is 11.9. The number of nitrogens with two attached hydrogens (primary N) is 1. The van der Waals surface area contributed by atoms with E-state index >= 15 is 0 Å². The summed E-state index contributed by atoms with van der Waals surface area (Å²) in [6.07, 6.45) is 4.16. The van der Waals surface area contributed by atoms with Crippen LogP contribution in [0.25, 0.3) is 0 Å². The van der Waals surface area contributed by atoms with Crippen molar-refractivity contribution < 1.29 is 14.3 Å². The van der Waals surface area contributed by atoms with Crippen LogP contribution in [0.15, 0.2) is 0 Å². The average molecular weight is 257 g/mol. The van der Waals surface area contributed by atoms with Crippen LogP contribution in [0.2, 0.25) is 0 Å². The van der Waals surface area contributed by atoms with Crippen LogP contribution in [-0.2, 0) is 14.3 Å². The molecule has 0 aromatic heterocycles. The zero-order valence-electron chi connectivity index (χ0n) is 11.9. The summed E-state index contributed by atoms with van der Waals surface area (Å²) in [7, 11) is 0. The molecule has 1 aliphatic carbocycles. The van der Waals surface area contributed by atoms with Gasteiger partial charge >= 0.3 is 5.97 Å². The van der Waals surface area contributed by atoms with E-state index in [0.29, 0.717) is 19.1 Å². The van der Waals surface area contributed by atoms with Crippen LogP contribution in [-0.4, -0.2) is 31.3 Å². The highest BCUT2D eigenvalue weighted by Gasteiger charge is 2.49. The zero-order chi connectivity index (χ0) is 13.6. The van der Waals surface area contributed by atoms with Crippen molar-refractivity contribution in [3.63, 3.8) is 0 Å². The standard InChI is InChI=1S/C14H27NO3/c1-4-18-13(16)14(15,12-7-8-12)10-17-9-5-6-11(2)3/h11-12H,4-10,15H2,1-3H3. The van der Waals surface area contributed by atoms with Crippen LogP contribution < -0.4 is 5.73 Å². The van der Waals surface area contributed by atoms with E-state index in [0.717, 1.165) is 25.7 Å². The summed E-state index contributed by atoms with van der Waals surface area (Å²) in [6.45, 7) is 7.51. The topological polar surface area (TPSA) is 61.5 Å². The number of carbonyl (C=O) groups excluding carboxylic acids is 1. The number of hydrogen-bond acceptors (Lipinski definition) is 4. The molecule has 4 heteroatoms. The van der Waals surface area contributed by atoms with E-state index in [2.05, 4.69) is 13.8 Å². The smallest absolute Gasteiger partial charge is 0.328 e. The van der Waals surface area contributed by atoms with Crippen LogP contribution in [0.5, 0.6) is 0 Å². The molecule has 2 N–H and O–H groups in total. The Morgan fingerprint density at radius 1 is 1.44 bits per heavy atom. The first-order chi connectivity index (χ1) is 8.50. The zero-order valence-corrected chi connectivity index (χ0v) is 11.9. The summed E-state index contributed by atoms with van der Waals surface area (Å²) in [5, 5.41) is 0. The van der Waals surface area contributed by atoms with Crippen LogP contribution in [0, 0.1) is 11.8 Å². The fourth-order valence-corrected chi connectivity index (χ4v) is 2.04. The summed E-state index contributed by atoms with van der Waals surface area (Å²) >= 11 is 0. The molecule has 0 bridgehead atoms. The molecule has 0 aromatic rings. The first-order valence-corrected chi connectivity index (χ1v) is 7.04. The van der Waals surface area contributed by atoms with Gasteiger partial charge in [-0.2, -0.15) is 0 Å². The number of esters is 1. The third-order valence-corrected chi connectivity index (χ3v) is 3.37. The highest BCUT2D eigenvalue weighted by atomic mass is 16.5. The van der Waals surface area contributed by atoms with Gasteiger partial charge in [0.1, 0.15) is 5.54 Å². The van der Waals surface area contributed by atoms with Gasteiger partial charge in [0.2, 0.25) is 0 Å². The third kappa shape index (κ3) is 4.58. The van der Waals surface area contributed by atoms with Gasteiger partial charge in [0.05, 0.1) is 13.2 Å². The lowest BCUT2D eigenvalue weighted by Gasteiger charge is -2.26. The molecule has 1 saturated carbocycles. The fraction of sp³-hybridized carbons (Fsp3) is 0.929. The summed E-state index contributed by atoms with van der Waals surface area (Å²) < 4.78 is 10.7. The summed E-state index contributed by atoms with van der Waals surface area (Å²) in [6, 6.07) is 0. The van der Waals surface area contributed by atoms with Gasteiger partial charge in [-0.05, 0) is 44.4 Å². The highest BCUT2D eigenvalue weighted by molar-refractivity contribution is 5.81. The molecular weight excluding hydrogens is 230 g/mol. The molecule has 1 fully saturated rings. The molecule has 1 atom stereocenters. The quantitative estimate of drug-likeness (QED) is 0.507. The van der Waals surface area contributed by atoms with E-state index in [1.54, 1.807) is 6.92 Å². The second-order valence-corrected chi connectivity index (χ2v) is 5.62. The lowest BCUT2D eigenvalue weighted by Crippen LogP contribution is -2.55.